The maximum Gasteiger partial charge on any atom is 0.115 e. The van der Waals surface area contributed by atoms with Crippen LogP contribution in [0.4, 0.5) is 0 Å². The first-order valence-electron chi connectivity index (χ1n) is 8.74. The molecule has 0 rings (SSSR count). The van der Waals surface area contributed by atoms with Crippen molar-refractivity contribution in [2.24, 2.45) is 0 Å². The zero-order valence-corrected chi connectivity index (χ0v) is 32.8. The van der Waals surface area contributed by atoms with Gasteiger partial charge in [0, 0.05) is 0 Å². The van der Waals surface area contributed by atoms with Gasteiger partial charge in [-0.3, -0.25) is 0 Å². The van der Waals surface area contributed by atoms with Crippen LogP contribution in [-0.4, -0.2) is 125 Å². The molecule has 288 valence electrons. The Balaban J connectivity index is -0.00000000594. The maximum absolute atomic E-state index is 5.25. The Bertz CT molecular complexity index is 79.3. The average molecular weight is 800 g/mol. The topological polar surface area (TPSA) is 35.0 Å². The van der Waals surface area contributed by atoms with E-state index in [0.717, 1.165) is 0 Å². The first kappa shape index (κ1) is 140. The minimum Gasteiger partial charge on any atom is -0.344 e. The van der Waals surface area contributed by atoms with Gasteiger partial charge >= 0.3 is 0 Å². The molecule has 1 nitrogen and oxygen atoms in total. The summed E-state index contributed by atoms with van der Waals surface area (Å²) in [6.45, 7) is 0. The normalized spacial score (nSPS) is 4.56. The van der Waals surface area contributed by atoms with Crippen LogP contribution in [0.1, 0.15) is 74.3 Å². The minimum absolute atomic E-state index is 0. The van der Waals surface area contributed by atoms with Crippen LogP contribution in [0.15, 0.2) is 0 Å². The van der Waals surface area contributed by atoms with Gasteiger partial charge < -0.3 is 6.14 Å². The van der Waals surface area contributed by atoms with Gasteiger partial charge in [0.05, 0.1) is 0 Å². The van der Waals surface area contributed by atoms with E-state index in [-0.39, 0.29) is 74.3 Å². The van der Waals surface area contributed by atoms with Crippen LogP contribution in [0.3, 0.4) is 0 Å². The van der Waals surface area contributed by atoms with Crippen LogP contribution in [0, 0.1) is 0 Å². The standard InChI is InChI=1S/10C2H6S.10CH4.H3N/c10*1-3-2;;;;;;;;;;;/h10*1-2H3;10*1H4;1H3/i/hD. The van der Waals surface area contributed by atoms with E-state index in [0.29, 0.717) is 0 Å². The van der Waals surface area contributed by atoms with Crippen LogP contribution >= 0.6 is 118 Å². The lowest BCUT2D eigenvalue weighted by molar-refractivity contribution is 2.13. The Morgan fingerprint density at radius 3 is 0.195 bits per heavy atom. The van der Waals surface area contributed by atoms with Gasteiger partial charge in [0.2, 0.25) is 0 Å². The second-order valence-electron chi connectivity index (χ2n) is 4.08. The van der Waals surface area contributed by atoms with Crippen molar-refractivity contribution in [3.8, 4) is 0 Å². The Morgan fingerprint density at radius 1 is 0.195 bits per heavy atom. The molecule has 0 atom stereocenters. The summed E-state index contributed by atoms with van der Waals surface area (Å²) in [6.07, 6.45) is 44.6. The highest BCUT2D eigenvalue weighted by Crippen LogP contribution is 1.72. The van der Waals surface area contributed by atoms with Crippen molar-refractivity contribution in [2.75, 3.05) is 125 Å². The number of rotatable bonds is 0. The molecule has 0 aromatic rings. The van der Waals surface area contributed by atoms with E-state index in [1.54, 1.807) is 118 Å². The SMILES string of the molecule is C.C.C.C.C.C.C.C.C.C.CSC.CSC.CSC.CSC.CSC.CSC.CSC.CSC.CSC.CSC.[2H]N. The lowest BCUT2D eigenvalue weighted by Gasteiger charge is -1.51. The maximum atomic E-state index is 5.25. The molecule has 0 aliphatic carbocycles. The molecule has 0 saturated heterocycles. The quantitative estimate of drug-likeness (QED) is 0.254. The summed E-state index contributed by atoms with van der Waals surface area (Å²) in [4.78, 5) is 0. The molecule has 0 amide bonds. The Labute approximate surface area is 321 Å². The third-order valence-corrected chi connectivity index (χ3v) is 0. The predicted molar refractivity (Wildman–Crippen MR) is 267 cm³/mol. The molecule has 0 aromatic heterocycles. The monoisotopic (exact) mass is 799 g/mol. The molecule has 0 radical (unpaired) electrons. The van der Waals surface area contributed by atoms with Crippen LogP contribution in [0.25, 0.3) is 0 Å². The molecular formula is C30H103NS10. The number of thioether (sulfide) groups is 10. The summed E-state index contributed by atoms with van der Waals surface area (Å²) in [6, 6.07) is 0. The van der Waals surface area contributed by atoms with Gasteiger partial charge in [0.15, 0.2) is 0 Å². The van der Waals surface area contributed by atoms with E-state index in [1.165, 1.54) is 0 Å². The van der Waals surface area contributed by atoms with Gasteiger partial charge in [-0.25, -0.2) is 0 Å². The zero-order chi connectivity index (χ0) is 29.1. The van der Waals surface area contributed by atoms with E-state index in [2.05, 4.69) is 6.14 Å². The second kappa shape index (κ2) is 432. The Kier molecular flexibility index (Phi) is 1480. The van der Waals surface area contributed by atoms with Gasteiger partial charge in [-0.05, 0) is 125 Å². The highest BCUT2D eigenvalue weighted by molar-refractivity contribution is 7.99. The van der Waals surface area contributed by atoms with Crippen molar-refractivity contribution < 1.29 is 1.41 Å². The molecule has 0 aliphatic rings. The van der Waals surface area contributed by atoms with E-state index in [1.807, 2.05) is 125 Å². The van der Waals surface area contributed by atoms with E-state index in [4.69, 9.17) is 1.41 Å². The van der Waals surface area contributed by atoms with Crippen LogP contribution in [-0.2, 0) is 0 Å². The third kappa shape index (κ3) is 6240. The molecule has 0 heterocycles. The zero-order valence-electron chi connectivity index (χ0n) is 25.7. The van der Waals surface area contributed by atoms with Crippen molar-refractivity contribution in [1.82, 2.24) is 6.14 Å². The lowest BCUT2D eigenvalue weighted by Crippen LogP contribution is -1.25. The molecule has 0 bridgehead atoms. The summed E-state index contributed by atoms with van der Waals surface area (Å²) < 4.78 is 5.25. The molecular weight excluding hydrogens is 695 g/mol. The fourth-order valence-corrected chi connectivity index (χ4v) is 0. The molecule has 0 aliphatic heterocycles. The second-order valence-corrected chi connectivity index (χ2v) is 12.2. The fraction of sp³-hybridized carbons (Fsp3) is 1.00. The summed E-state index contributed by atoms with van der Waals surface area (Å²) in [5.74, 6) is 0. The number of hydrogen-bond donors (Lipinski definition) is 1. The first-order valence-corrected chi connectivity index (χ1v) is 24.5. The number of hydrogen-bond acceptors (Lipinski definition) is 11. The Hall–Kier alpha value is 3.46. The average Bonchev–Trinajstić information content (AvgIpc) is 2.69. The molecule has 0 fully saturated rings. The largest absolute Gasteiger partial charge is 0.344 e. The summed E-state index contributed by atoms with van der Waals surface area (Å²) >= 11 is 17.5. The van der Waals surface area contributed by atoms with E-state index >= 15 is 0 Å². The molecule has 0 saturated carbocycles. The lowest BCUT2D eigenvalue weighted by atomic mass is 11.9. The molecule has 41 heavy (non-hydrogen) atoms. The molecule has 0 spiro atoms. The fourth-order valence-electron chi connectivity index (χ4n) is 0. The molecule has 11 heteroatoms. The highest BCUT2D eigenvalue weighted by Gasteiger charge is 1.35. The Morgan fingerprint density at radius 2 is 0.195 bits per heavy atom. The van der Waals surface area contributed by atoms with Crippen molar-refractivity contribution >= 4 is 118 Å². The van der Waals surface area contributed by atoms with Crippen molar-refractivity contribution in [2.45, 2.75) is 74.3 Å². The van der Waals surface area contributed by atoms with Gasteiger partial charge in [-0.15, -0.1) is 0 Å². The van der Waals surface area contributed by atoms with Crippen molar-refractivity contribution in [1.29, 1.82) is 0 Å². The van der Waals surface area contributed by atoms with Crippen molar-refractivity contribution in [3.05, 3.63) is 0 Å². The predicted octanol–water partition coefficient (Wildman–Crippen LogP) is 16.3. The molecule has 0 unspecified atom stereocenters. The van der Waals surface area contributed by atoms with Gasteiger partial charge in [0.25, 0.3) is 0 Å². The summed E-state index contributed by atoms with van der Waals surface area (Å²) in [5, 5.41) is 0. The van der Waals surface area contributed by atoms with Crippen LogP contribution < -0.4 is 6.14 Å². The van der Waals surface area contributed by atoms with E-state index < -0.39 is 0 Å². The first-order chi connectivity index (χ1) is 15.1. The van der Waals surface area contributed by atoms with Gasteiger partial charge in [0.1, 0.15) is 1.41 Å². The highest BCUT2D eigenvalue weighted by atomic mass is 32.2. The summed E-state index contributed by atoms with van der Waals surface area (Å²) in [5.41, 5.74) is 0. The molecule has 0 aromatic carbocycles. The third-order valence-electron chi connectivity index (χ3n) is 0. The van der Waals surface area contributed by atoms with Gasteiger partial charge in [-0.1, -0.05) is 74.3 Å². The van der Waals surface area contributed by atoms with Crippen LogP contribution in [0.2, 0.25) is 1.41 Å². The van der Waals surface area contributed by atoms with Gasteiger partial charge in [-0.2, -0.15) is 118 Å². The minimum atomic E-state index is 0. The smallest absolute Gasteiger partial charge is 0.115 e. The van der Waals surface area contributed by atoms with Crippen molar-refractivity contribution in [3.63, 3.8) is 0 Å². The van der Waals surface area contributed by atoms with Crippen LogP contribution in [0.5, 0.6) is 0 Å². The summed E-state index contributed by atoms with van der Waals surface area (Å²) in [7, 11) is 0. The van der Waals surface area contributed by atoms with E-state index in [9.17, 15) is 0 Å². The molecule has 3 N–H and O–H groups in total.